The van der Waals surface area contributed by atoms with Gasteiger partial charge in [-0.2, -0.15) is 0 Å². The predicted octanol–water partition coefficient (Wildman–Crippen LogP) is 2.84. The van der Waals surface area contributed by atoms with Gasteiger partial charge < -0.3 is 14.6 Å². The minimum Gasteiger partial charge on any atom is -0.496 e. The Bertz CT molecular complexity index is 1050. The van der Waals surface area contributed by atoms with E-state index in [0.29, 0.717) is 17.7 Å². The number of methoxy groups -OCH3 is 1. The van der Waals surface area contributed by atoms with Crippen LogP contribution in [0.5, 0.6) is 5.75 Å². The van der Waals surface area contributed by atoms with Crippen molar-refractivity contribution in [3.05, 3.63) is 71.8 Å². The first-order valence-electron chi connectivity index (χ1n) is 10.3. The fourth-order valence-electron chi connectivity index (χ4n) is 4.70. The van der Waals surface area contributed by atoms with Crippen LogP contribution >= 0.6 is 0 Å². The van der Waals surface area contributed by atoms with E-state index in [1.54, 1.807) is 7.11 Å². The molecule has 5 rings (SSSR count). The molecule has 3 heterocycles. The third-order valence-electron chi connectivity index (χ3n) is 6.16. The van der Waals surface area contributed by atoms with Gasteiger partial charge in [-0.25, -0.2) is 0 Å². The van der Waals surface area contributed by atoms with Gasteiger partial charge in [0.25, 0.3) is 5.91 Å². The third kappa shape index (κ3) is 3.57. The van der Waals surface area contributed by atoms with E-state index in [1.165, 1.54) is 5.56 Å². The maximum absolute atomic E-state index is 12.8. The molecule has 1 fully saturated rings. The van der Waals surface area contributed by atoms with Crippen LogP contribution in [-0.2, 0) is 19.5 Å². The van der Waals surface area contributed by atoms with Gasteiger partial charge in [0, 0.05) is 43.9 Å². The molecule has 0 spiro atoms. The highest BCUT2D eigenvalue weighted by molar-refractivity contribution is 6.01. The molecular formula is C23H25N5O2. The van der Waals surface area contributed by atoms with E-state index in [1.807, 2.05) is 47.0 Å². The summed E-state index contributed by atoms with van der Waals surface area (Å²) >= 11 is 0. The van der Waals surface area contributed by atoms with Crippen molar-refractivity contribution in [1.29, 1.82) is 0 Å². The number of amides is 1. The molecule has 7 nitrogen and oxygen atoms in total. The summed E-state index contributed by atoms with van der Waals surface area (Å²) in [5.74, 6) is 3.07. The predicted molar refractivity (Wildman–Crippen MR) is 113 cm³/mol. The summed E-state index contributed by atoms with van der Waals surface area (Å²) in [4.78, 5) is 15.2. The second-order valence-corrected chi connectivity index (χ2v) is 8.10. The van der Waals surface area contributed by atoms with Crippen molar-refractivity contribution in [2.45, 2.75) is 19.5 Å². The maximum atomic E-state index is 12.8. The van der Waals surface area contributed by atoms with Crippen molar-refractivity contribution in [3.8, 4) is 5.75 Å². The van der Waals surface area contributed by atoms with Crippen LogP contribution in [-0.4, -0.2) is 45.8 Å². The number of carbonyl (C=O) groups excluding carboxylic acids is 1. The lowest BCUT2D eigenvalue weighted by molar-refractivity contribution is 0.100. The molecule has 154 valence electrons. The summed E-state index contributed by atoms with van der Waals surface area (Å²) in [6.07, 6.45) is 0.860. The summed E-state index contributed by atoms with van der Waals surface area (Å²) in [7, 11) is 1.72. The number of hydrogen-bond acceptors (Lipinski definition) is 5. The lowest BCUT2D eigenvalue weighted by atomic mass is 9.89. The molecule has 2 aromatic carbocycles. The Balaban J connectivity index is 1.28. The van der Waals surface area contributed by atoms with E-state index in [4.69, 9.17) is 4.74 Å². The van der Waals surface area contributed by atoms with E-state index in [-0.39, 0.29) is 5.91 Å². The van der Waals surface area contributed by atoms with Gasteiger partial charge in [0.1, 0.15) is 11.6 Å². The number of aromatic nitrogens is 3. The molecule has 1 aromatic heterocycles. The number of benzene rings is 2. The summed E-state index contributed by atoms with van der Waals surface area (Å²) in [5.41, 5.74) is 1.97. The van der Waals surface area contributed by atoms with Gasteiger partial charge in [0.05, 0.1) is 7.11 Å². The highest BCUT2D eigenvalue weighted by Crippen LogP contribution is 2.34. The van der Waals surface area contributed by atoms with E-state index in [9.17, 15) is 4.79 Å². The summed E-state index contributed by atoms with van der Waals surface area (Å²) in [6, 6.07) is 17.6. The number of para-hydroxylation sites is 2. The minimum atomic E-state index is -0.206. The molecule has 0 saturated carbocycles. The molecule has 3 aromatic rings. The second-order valence-electron chi connectivity index (χ2n) is 8.10. The Morgan fingerprint density at radius 1 is 1.03 bits per heavy atom. The topological polar surface area (TPSA) is 72.3 Å². The lowest BCUT2D eigenvalue weighted by Crippen LogP contribution is -2.31. The van der Waals surface area contributed by atoms with E-state index in [2.05, 4.69) is 32.5 Å². The highest BCUT2D eigenvalue weighted by Gasteiger charge is 2.39. The van der Waals surface area contributed by atoms with Crippen LogP contribution in [0, 0.1) is 11.8 Å². The van der Waals surface area contributed by atoms with Crippen LogP contribution in [0.2, 0.25) is 0 Å². The van der Waals surface area contributed by atoms with E-state index in [0.717, 1.165) is 49.9 Å². The average Bonchev–Trinajstić information content (AvgIpc) is 3.35. The second kappa shape index (κ2) is 7.91. The Morgan fingerprint density at radius 3 is 2.63 bits per heavy atom. The Kier molecular flexibility index (Phi) is 4.96. The van der Waals surface area contributed by atoms with Gasteiger partial charge in [-0.3, -0.25) is 9.69 Å². The zero-order valence-corrected chi connectivity index (χ0v) is 17.0. The molecule has 2 atom stereocenters. The Morgan fingerprint density at radius 2 is 1.80 bits per heavy atom. The fourth-order valence-corrected chi connectivity index (χ4v) is 4.70. The lowest BCUT2D eigenvalue weighted by Gasteiger charge is -2.25. The van der Waals surface area contributed by atoms with Crippen molar-refractivity contribution in [1.82, 2.24) is 19.7 Å². The SMILES string of the molecule is COc1ccccc1CN1C[C@@H]2Cc3nnc(C(=O)Nc4ccccc4)n3C[C@@H]2C1. The molecule has 1 amide bonds. The number of fused-ring (bicyclic) bond motifs is 2. The van der Waals surface area contributed by atoms with Gasteiger partial charge in [0.2, 0.25) is 5.82 Å². The summed E-state index contributed by atoms with van der Waals surface area (Å²) < 4.78 is 7.52. The Labute approximate surface area is 175 Å². The van der Waals surface area contributed by atoms with Crippen LogP contribution in [0.4, 0.5) is 5.69 Å². The number of anilines is 1. The molecule has 7 heteroatoms. The number of rotatable bonds is 5. The van der Waals surface area contributed by atoms with Crippen LogP contribution in [0.25, 0.3) is 0 Å². The van der Waals surface area contributed by atoms with Gasteiger partial charge in [-0.1, -0.05) is 36.4 Å². The molecule has 2 aliphatic heterocycles. The number of nitrogens with zero attached hydrogens (tertiary/aromatic N) is 4. The molecular weight excluding hydrogens is 378 g/mol. The van der Waals surface area contributed by atoms with Crippen LogP contribution in [0.15, 0.2) is 54.6 Å². The first-order chi connectivity index (χ1) is 14.7. The van der Waals surface area contributed by atoms with Crippen molar-refractivity contribution in [2.24, 2.45) is 11.8 Å². The van der Waals surface area contributed by atoms with Gasteiger partial charge in [-0.05, 0) is 30.0 Å². The van der Waals surface area contributed by atoms with Gasteiger partial charge >= 0.3 is 0 Å². The summed E-state index contributed by atoms with van der Waals surface area (Å²) in [5, 5.41) is 11.5. The number of ether oxygens (including phenoxy) is 1. The largest absolute Gasteiger partial charge is 0.496 e. The zero-order chi connectivity index (χ0) is 20.5. The van der Waals surface area contributed by atoms with Gasteiger partial charge in [-0.15, -0.1) is 10.2 Å². The van der Waals surface area contributed by atoms with E-state index < -0.39 is 0 Å². The standard InChI is InChI=1S/C23H25N5O2/c1-30-20-10-6-5-7-16(20)12-27-13-17-11-21-25-26-22(28(21)15-18(17)14-27)23(29)24-19-8-3-2-4-9-19/h2-10,17-18H,11-15H2,1H3,(H,24,29)/t17-,18-/m0/s1. The van der Waals surface area contributed by atoms with Gasteiger partial charge in [0.15, 0.2) is 0 Å². The molecule has 2 aliphatic rings. The summed E-state index contributed by atoms with van der Waals surface area (Å²) in [6.45, 7) is 3.69. The third-order valence-corrected chi connectivity index (χ3v) is 6.16. The number of nitrogens with one attached hydrogen (secondary N) is 1. The number of carbonyl (C=O) groups is 1. The number of hydrogen-bond donors (Lipinski definition) is 1. The smallest absolute Gasteiger partial charge is 0.293 e. The monoisotopic (exact) mass is 403 g/mol. The number of likely N-dealkylation sites (tertiary alicyclic amines) is 1. The molecule has 0 radical (unpaired) electrons. The molecule has 1 saturated heterocycles. The zero-order valence-electron chi connectivity index (χ0n) is 17.0. The quantitative estimate of drug-likeness (QED) is 0.709. The molecule has 1 N–H and O–H groups in total. The molecule has 0 aliphatic carbocycles. The minimum absolute atomic E-state index is 0.206. The van der Waals surface area contributed by atoms with Crippen molar-refractivity contribution < 1.29 is 9.53 Å². The van der Waals surface area contributed by atoms with Crippen LogP contribution < -0.4 is 10.1 Å². The first kappa shape index (κ1) is 18.8. The molecule has 30 heavy (non-hydrogen) atoms. The molecule has 0 unspecified atom stereocenters. The van der Waals surface area contributed by atoms with Crippen LogP contribution in [0.1, 0.15) is 22.0 Å². The van der Waals surface area contributed by atoms with Crippen molar-refractivity contribution >= 4 is 11.6 Å². The maximum Gasteiger partial charge on any atom is 0.293 e. The van der Waals surface area contributed by atoms with Crippen molar-refractivity contribution in [3.63, 3.8) is 0 Å². The van der Waals surface area contributed by atoms with E-state index >= 15 is 0 Å². The fraction of sp³-hybridized carbons (Fsp3) is 0.348. The average molecular weight is 403 g/mol. The highest BCUT2D eigenvalue weighted by atomic mass is 16.5. The first-order valence-corrected chi connectivity index (χ1v) is 10.3. The Hall–Kier alpha value is -3.19. The van der Waals surface area contributed by atoms with Crippen molar-refractivity contribution in [2.75, 3.05) is 25.5 Å². The normalized spacial score (nSPS) is 20.4. The molecule has 0 bridgehead atoms. The van der Waals surface area contributed by atoms with Crippen LogP contribution in [0.3, 0.4) is 0 Å².